The van der Waals surface area contributed by atoms with Crippen LogP contribution in [0, 0.1) is 35.5 Å². The average Bonchev–Trinajstić information content (AvgIpc) is 2.87. The molecule has 15 atom stereocenters. The van der Waals surface area contributed by atoms with Crippen LogP contribution in [0.15, 0.2) is 0 Å². The van der Waals surface area contributed by atoms with Gasteiger partial charge in [-0.2, -0.15) is 0 Å². The van der Waals surface area contributed by atoms with Gasteiger partial charge in [-0.05, 0) is 32.6 Å². The molecule has 37 heavy (non-hydrogen) atoms. The van der Waals surface area contributed by atoms with Gasteiger partial charge in [0.15, 0.2) is 6.29 Å². The second-order valence-electron chi connectivity index (χ2n) is 11.5. The SMILES string of the molecule is CCC1OC(=O)[C@H](C)C(O[C@H]2O[C@H](C)[C@@H](O)[C@H](O)[C@@H]2O)[C@H](C)[C@@H](O)[C@@H](C)C[C@@H](C)C(=O)C(C)[C@@H](O)[C@H]1C. The van der Waals surface area contributed by atoms with Crippen LogP contribution in [-0.4, -0.2) is 92.4 Å². The van der Waals surface area contributed by atoms with E-state index in [0.717, 1.165) is 0 Å². The Morgan fingerprint density at radius 1 is 0.784 bits per heavy atom. The van der Waals surface area contributed by atoms with Gasteiger partial charge in [0.25, 0.3) is 0 Å². The van der Waals surface area contributed by atoms with Crippen molar-refractivity contribution < 1.29 is 49.3 Å². The summed E-state index contributed by atoms with van der Waals surface area (Å²) in [5, 5.41) is 53.0. The zero-order valence-corrected chi connectivity index (χ0v) is 23.4. The maximum absolute atomic E-state index is 13.3. The Hall–Kier alpha value is -1.14. The van der Waals surface area contributed by atoms with Gasteiger partial charge in [0.05, 0.1) is 30.3 Å². The van der Waals surface area contributed by atoms with E-state index < -0.39 is 90.7 Å². The molecule has 0 aromatic rings. The first-order chi connectivity index (χ1) is 17.1. The van der Waals surface area contributed by atoms with Crippen molar-refractivity contribution in [3.05, 3.63) is 0 Å². The van der Waals surface area contributed by atoms with Crippen molar-refractivity contribution >= 4 is 11.8 Å². The molecule has 2 aliphatic heterocycles. The van der Waals surface area contributed by atoms with Crippen molar-refractivity contribution in [3.63, 3.8) is 0 Å². The van der Waals surface area contributed by atoms with Gasteiger partial charge < -0.3 is 39.7 Å². The molecule has 0 amide bonds. The molecule has 10 heteroatoms. The largest absolute Gasteiger partial charge is 0.462 e. The first-order valence-corrected chi connectivity index (χ1v) is 13.6. The summed E-state index contributed by atoms with van der Waals surface area (Å²) in [6.45, 7) is 13.7. The molecule has 10 nitrogen and oxygen atoms in total. The van der Waals surface area contributed by atoms with E-state index in [4.69, 9.17) is 14.2 Å². The lowest BCUT2D eigenvalue weighted by Crippen LogP contribution is -2.59. The molecule has 0 spiro atoms. The smallest absolute Gasteiger partial charge is 0.311 e. The summed E-state index contributed by atoms with van der Waals surface area (Å²) < 4.78 is 17.5. The first kappa shape index (κ1) is 32.1. The van der Waals surface area contributed by atoms with E-state index in [1.165, 1.54) is 6.92 Å². The number of cyclic esters (lactones) is 1. The topological polar surface area (TPSA) is 163 Å². The lowest BCUT2D eigenvalue weighted by atomic mass is 9.77. The summed E-state index contributed by atoms with van der Waals surface area (Å²) in [5.74, 6) is -4.25. The predicted octanol–water partition coefficient (Wildman–Crippen LogP) is 1.03. The van der Waals surface area contributed by atoms with Crippen molar-refractivity contribution in [2.75, 3.05) is 0 Å². The highest BCUT2D eigenvalue weighted by Gasteiger charge is 2.47. The van der Waals surface area contributed by atoms with E-state index in [0.29, 0.717) is 12.8 Å². The van der Waals surface area contributed by atoms with E-state index in [1.807, 2.05) is 13.8 Å². The maximum atomic E-state index is 13.3. The number of hydrogen-bond acceptors (Lipinski definition) is 10. The zero-order chi connectivity index (χ0) is 28.4. The first-order valence-electron chi connectivity index (χ1n) is 13.6. The van der Waals surface area contributed by atoms with Crippen LogP contribution in [-0.2, 0) is 23.8 Å². The minimum atomic E-state index is -1.58. The number of carbonyl (C=O) groups excluding carboxylic acids is 2. The summed E-state index contributed by atoms with van der Waals surface area (Å²) in [6.07, 6.45) is -9.50. The fraction of sp³-hybridized carbons (Fsp3) is 0.926. The van der Waals surface area contributed by atoms with Crippen LogP contribution < -0.4 is 0 Å². The van der Waals surface area contributed by atoms with Crippen molar-refractivity contribution in [2.45, 2.75) is 123 Å². The van der Waals surface area contributed by atoms with E-state index in [1.54, 1.807) is 34.6 Å². The number of aliphatic hydroxyl groups is 5. The van der Waals surface area contributed by atoms with Gasteiger partial charge in [0.1, 0.15) is 30.2 Å². The minimum Gasteiger partial charge on any atom is -0.462 e. The van der Waals surface area contributed by atoms with Crippen LogP contribution in [0.4, 0.5) is 0 Å². The normalized spacial score (nSPS) is 49.3. The number of Topliss-reactive ketones (excluding diaryl/α,β-unsaturated/α-hetero) is 1. The monoisotopic (exact) mass is 532 g/mol. The summed E-state index contributed by atoms with van der Waals surface area (Å²) in [5.41, 5.74) is 0. The van der Waals surface area contributed by atoms with E-state index in [2.05, 4.69) is 0 Å². The predicted molar refractivity (Wildman–Crippen MR) is 134 cm³/mol. The van der Waals surface area contributed by atoms with E-state index >= 15 is 0 Å². The third-order valence-electron chi connectivity index (χ3n) is 8.57. The molecule has 5 N–H and O–H groups in total. The second kappa shape index (κ2) is 13.3. The van der Waals surface area contributed by atoms with Gasteiger partial charge >= 0.3 is 5.97 Å². The lowest BCUT2D eigenvalue weighted by Gasteiger charge is -2.43. The molecular weight excluding hydrogens is 484 g/mol. The number of aliphatic hydroxyl groups excluding tert-OH is 5. The molecule has 2 saturated heterocycles. The Morgan fingerprint density at radius 3 is 1.95 bits per heavy atom. The highest BCUT2D eigenvalue weighted by Crippen LogP contribution is 2.34. The third kappa shape index (κ3) is 7.09. The molecule has 0 aromatic heterocycles. The average molecular weight is 533 g/mol. The highest BCUT2D eigenvalue weighted by molar-refractivity contribution is 5.83. The molecule has 3 unspecified atom stereocenters. The van der Waals surface area contributed by atoms with Gasteiger partial charge in [0, 0.05) is 23.7 Å². The molecule has 2 heterocycles. The number of ether oxygens (including phenoxy) is 3. The second-order valence-corrected chi connectivity index (χ2v) is 11.5. The van der Waals surface area contributed by atoms with Crippen LogP contribution in [0.5, 0.6) is 0 Å². The minimum absolute atomic E-state index is 0.120. The molecule has 0 aromatic carbocycles. The van der Waals surface area contributed by atoms with Crippen LogP contribution in [0.2, 0.25) is 0 Å². The summed E-state index contributed by atoms with van der Waals surface area (Å²) in [6, 6.07) is 0. The van der Waals surface area contributed by atoms with Crippen molar-refractivity contribution in [2.24, 2.45) is 35.5 Å². The number of rotatable bonds is 3. The van der Waals surface area contributed by atoms with E-state index in [9.17, 15) is 35.1 Å². The Bertz CT molecular complexity index is 761. The van der Waals surface area contributed by atoms with Gasteiger partial charge in [-0.3, -0.25) is 9.59 Å². The third-order valence-corrected chi connectivity index (χ3v) is 8.57. The summed E-state index contributed by atoms with van der Waals surface area (Å²) >= 11 is 0. The van der Waals surface area contributed by atoms with Crippen molar-refractivity contribution in [1.29, 1.82) is 0 Å². The number of hydrogen-bond donors (Lipinski definition) is 5. The fourth-order valence-corrected chi connectivity index (χ4v) is 5.75. The zero-order valence-electron chi connectivity index (χ0n) is 23.4. The maximum Gasteiger partial charge on any atom is 0.311 e. The molecule has 0 bridgehead atoms. The molecule has 2 fully saturated rings. The molecule has 0 radical (unpaired) electrons. The van der Waals surface area contributed by atoms with Crippen LogP contribution in [0.1, 0.15) is 68.2 Å². The van der Waals surface area contributed by atoms with Crippen LogP contribution in [0.3, 0.4) is 0 Å². The summed E-state index contributed by atoms with van der Waals surface area (Å²) in [7, 11) is 0. The quantitative estimate of drug-likeness (QED) is 0.332. The Balaban J connectivity index is 2.44. The standard InChI is InChI=1S/C27H48O10/c1-9-18-13(4)21(30)14(5)19(28)11(2)10-12(3)20(29)15(6)25(16(7)26(34)36-18)37-27-24(33)23(32)22(31)17(8)35-27/h11-18,20-25,27,29-33H,9-10H2,1-8H3/t11-,12+,13+,14?,15-,16-,17-,18?,20+,21+,22-,23+,24+,25?,27-/m1/s1. The van der Waals surface area contributed by atoms with Gasteiger partial charge in [-0.15, -0.1) is 0 Å². The fourth-order valence-electron chi connectivity index (χ4n) is 5.75. The van der Waals surface area contributed by atoms with Crippen LogP contribution >= 0.6 is 0 Å². The number of esters is 1. The van der Waals surface area contributed by atoms with Crippen molar-refractivity contribution in [3.8, 4) is 0 Å². The van der Waals surface area contributed by atoms with Crippen molar-refractivity contribution in [1.82, 2.24) is 0 Å². The molecule has 2 rings (SSSR count). The molecular formula is C27H48O10. The van der Waals surface area contributed by atoms with Gasteiger partial charge in [0.2, 0.25) is 0 Å². The molecule has 0 aliphatic carbocycles. The highest BCUT2D eigenvalue weighted by atomic mass is 16.7. The molecule has 216 valence electrons. The van der Waals surface area contributed by atoms with Gasteiger partial charge in [-0.1, -0.05) is 41.5 Å². The summed E-state index contributed by atoms with van der Waals surface area (Å²) in [4.78, 5) is 26.4. The number of carbonyl (C=O) groups is 2. The Morgan fingerprint density at radius 2 is 1.38 bits per heavy atom. The Labute approximate surface area is 220 Å². The lowest BCUT2D eigenvalue weighted by molar-refractivity contribution is -0.313. The van der Waals surface area contributed by atoms with E-state index in [-0.39, 0.29) is 11.7 Å². The molecule has 0 saturated carbocycles. The number of ketones is 1. The van der Waals surface area contributed by atoms with Crippen LogP contribution in [0.25, 0.3) is 0 Å². The van der Waals surface area contributed by atoms with Gasteiger partial charge in [-0.25, -0.2) is 0 Å². The Kier molecular flexibility index (Phi) is 11.5. The molecule has 2 aliphatic rings.